The smallest absolute Gasteiger partial charge is 0.325 e. The molecule has 0 radical (unpaired) electrons. The lowest BCUT2D eigenvalue weighted by Crippen LogP contribution is -2.34. The van der Waals surface area contributed by atoms with E-state index in [0.717, 1.165) is 0 Å². The normalized spacial score (nSPS) is 9.71. The first-order valence-corrected chi connectivity index (χ1v) is 6.51. The number of carbonyl (C=O) groups is 2. The highest BCUT2D eigenvalue weighted by Gasteiger charge is 2.13. The molecule has 0 saturated carbocycles. The summed E-state index contributed by atoms with van der Waals surface area (Å²) in [5.41, 5.74) is 0.361. The van der Waals surface area contributed by atoms with Gasteiger partial charge in [0.05, 0.1) is 31.5 Å². The predicted molar refractivity (Wildman–Crippen MR) is 78.2 cm³/mol. The molecule has 0 aliphatic carbocycles. The minimum atomic E-state index is -0.578. The van der Waals surface area contributed by atoms with Gasteiger partial charge in [-0.25, -0.2) is 4.79 Å². The zero-order chi connectivity index (χ0) is 15.8. The van der Waals surface area contributed by atoms with Crippen molar-refractivity contribution in [3.05, 3.63) is 17.2 Å². The van der Waals surface area contributed by atoms with E-state index in [4.69, 9.17) is 25.8 Å². The molecule has 7 nitrogen and oxygen atoms in total. The van der Waals surface area contributed by atoms with Gasteiger partial charge in [-0.05, 0) is 6.92 Å². The van der Waals surface area contributed by atoms with Crippen LogP contribution >= 0.6 is 11.6 Å². The highest BCUT2D eigenvalue weighted by Crippen LogP contribution is 2.35. The van der Waals surface area contributed by atoms with Crippen molar-refractivity contribution < 1.29 is 23.8 Å². The second kappa shape index (κ2) is 8.21. The standard InChI is InChI=1S/C13H17ClN2O5/c1-4-21-12(17)7-15-13(18)16-9-6-10(19-2)8(14)5-11(9)20-3/h5-6H,4,7H2,1-3H3,(H2,15,16,18). The summed E-state index contributed by atoms with van der Waals surface area (Å²) < 4.78 is 14.9. The Hall–Kier alpha value is -2.15. The number of benzene rings is 1. The number of hydrogen-bond donors (Lipinski definition) is 2. The molecular weight excluding hydrogens is 300 g/mol. The molecule has 0 aliphatic rings. The first-order valence-electron chi connectivity index (χ1n) is 6.13. The van der Waals surface area contributed by atoms with Crippen molar-refractivity contribution in [1.82, 2.24) is 5.32 Å². The number of hydrogen-bond acceptors (Lipinski definition) is 5. The Morgan fingerprint density at radius 1 is 1.19 bits per heavy atom. The van der Waals surface area contributed by atoms with Crippen molar-refractivity contribution in [2.75, 3.05) is 32.7 Å². The Balaban J connectivity index is 2.73. The molecule has 2 N–H and O–H groups in total. The van der Waals surface area contributed by atoms with Crippen LogP contribution in [-0.2, 0) is 9.53 Å². The van der Waals surface area contributed by atoms with E-state index in [-0.39, 0.29) is 13.2 Å². The molecule has 8 heteroatoms. The van der Waals surface area contributed by atoms with Crippen molar-refractivity contribution in [3.8, 4) is 11.5 Å². The number of rotatable bonds is 6. The number of amides is 2. The second-order valence-corrected chi connectivity index (χ2v) is 4.21. The molecule has 0 fully saturated rings. The summed E-state index contributed by atoms with van der Waals surface area (Å²) in [4.78, 5) is 22.9. The Morgan fingerprint density at radius 3 is 2.43 bits per heavy atom. The average molecular weight is 317 g/mol. The van der Waals surface area contributed by atoms with E-state index in [0.29, 0.717) is 22.2 Å². The molecule has 0 aliphatic heterocycles. The number of methoxy groups -OCH3 is 2. The molecule has 1 aromatic carbocycles. The Morgan fingerprint density at radius 2 is 1.86 bits per heavy atom. The van der Waals surface area contributed by atoms with Gasteiger partial charge in [-0.3, -0.25) is 4.79 Å². The van der Waals surface area contributed by atoms with Crippen LogP contribution in [0.5, 0.6) is 11.5 Å². The number of nitrogens with one attached hydrogen (secondary N) is 2. The third kappa shape index (κ3) is 5.03. The molecule has 0 bridgehead atoms. The summed E-state index contributed by atoms with van der Waals surface area (Å²) in [6, 6.07) is 2.46. The summed E-state index contributed by atoms with van der Waals surface area (Å²) in [5.74, 6) is 0.235. The summed E-state index contributed by atoms with van der Waals surface area (Å²) in [6.45, 7) is 1.71. The Bertz CT molecular complexity index is 522. The third-order valence-corrected chi connectivity index (χ3v) is 2.72. The van der Waals surface area contributed by atoms with Crippen molar-refractivity contribution in [2.45, 2.75) is 6.92 Å². The van der Waals surface area contributed by atoms with Crippen LogP contribution in [0, 0.1) is 0 Å². The van der Waals surface area contributed by atoms with E-state index < -0.39 is 12.0 Å². The van der Waals surface area contributed by atoms with Crippen LogP contribution < -0.4 is 20.1 Å². The van der Waals surface area contributed by atoms with Gasteiger partial charge in [0.2, 0.25) is 0 Å². The van der Waals surface area contributed by atoms with Crippen molar-refractivity contribution >= 4 is 29.3 Å². The molecule has 0 atom stereocenters. The van der Waals surface area contributed by atoms with Gasteiger partial charge in [0.1, 0.15) is 18.0 Å². The number of halogens is 1. The summed E-state index contributed by atoms with van der Waals surface area (Å²) in [6.07, 6.45) is 0. The van der Waals surface area contributed by atoms with Crippen LogP contribution in [0.4, 0.5) is 10.5 Å². The van der Waals surface area contributed by atoms with Gasteiger partial charge in [0.25, 0.3) is 0 Å². The molecular formula is C13H17ClN2O5. The maximum atomic E-state index is 11.7. The maximum Gasteiger partial charge on any atom is 0.325 e. The van der Waals surface area contributed by atoms with Crippen LogP contribution in [0.25, 0.3) is 0 Å². The highest BCUT2D eigenvalue weighted by molar-refractivity contribution is 6.32. The minimum absolute atomic E-state index is 0.229. The Labute approximate surface area is 127 Å². The van der Waals surface area contributed by atoms with Gasteiger partial charge in [0.15, 0.2) is 0 Å². The fraction of sp³-hybridized carbons (Fsp3) is 0.385. The number of anilines is 1. The molecule has 116 valence electrons. The van der Waals surface area contributed by atoms with E-state index >= 15 is 0 Å². The highest BCUT2D eigenvalue weighted by atomic mass is 35.5. The largest absolute Gasteiger partial charge is 0.495 e. The zero-order valence-corrected chi connectivity index (χ0v) is 12.7. The number of carbonyl (C=O) groups excluding carboxylic acids is 2. The number of ether oxygens (including phenoxy) is 3. The molecule has 1 aromatic rings. The fourth-order valence-electron chi connectivity index (χ4n) is 1.49. The monoisotopic (exact) mass is 316 g/mol. The summed E-state index contributed by atoms with van der Waals surface area (Å²) in [5, 5.41) is 5.26. The van der Waals surface area contributed by atoms with Gasteiger partial charge >= 0.3 is 12.0 Å². The lowest BCUT2D eigenvalue weighted by molar-refractivity contribution is -0.141. The second-order valence-electron chi connectivity index (χ2n) is 3.80. The average Bonchev–Trinajstić information content (AvgIpc) is 2.46. The van der Waals surface area contributed by atoms with E-state index in [1.54, 1.807) is 6.92 Å². The zero-order valence-electron chi connectivity index (χ0n) is 12.0. The van der Waals surface area contributed by atoms with Crippen molar-refractivity contribution in [2.24, 2.45) is 0 Å². The molecule has 1 rings (SSSR count). The molecule has 0 saturated heterocycles. The van der Waals surface area contributed by atoms with Gasteiger partial charge in [-0.1, -0.05) is 11.6 Å². The lowest BCUT2D eigenvalue weighted by Gasteiger charge is -2.13. The summed E-state index contributed by atoms with van der Waals surface area (Å²) >= 11 is 5.96. The van der Waals surface area contributed by atoms with Gasteiger partial charge in [-0.15, -0.1) is 0 Å². The van der Waals surface area contributed by atoms with Crippen LogP contribution in [0.3, 0.4) is 0 Å². The lowest BCUT2D eigenvalue weighted by atomic mass is 10.2. The SMILES string of the molecule is CCOC(=O)CNC(=O)Nc1cc(OC)c(Cl)cc1OC. The van der Waals surface area contributed by atoms with Gasteiger partial charge < -0.3 is 24.8 Å². The van der Waals surface area contributed by atoms with Gasteiger partial charge in [-0.2, -0.15) is 0 Å². The molecule has 2 amide bonds. The van der Waals surface area contributed by atoms with Gasteiger partial charge in [0, 0.05) is 12.1 Å². The van der Waals surface area contributed by atoms with E-state index in [1.807, 2.05) is 0 Å². The van der Waals surface area contributed by atoms with Crippen LogP contribution in [-0.4, -0.2) is 39.4 Å². The first-order chi connectivity index (χ1) is 10.0. The molecule has 0 unspecified atom stereocenters. The van der Waals surface area contributed by atoms with Crippen LogP contribution in [0.2, 0.25) is 5.02 Å². The third-order valence-electron chi connectivity index (χ3n) is 2.42. The number of esters is 1. The molecule has 0 aromatic heterocycles. The van der Waals surface area contributed by atoms with E-state index in [9.17, 15) is 9.59 Å². The number of urea groups is 1. The van der Waals surface area contributed by atoms with E-state index in [1.165, 1.54) is 26.4 Å². The Kier molecular flexibility index (Phi) is 6.61. The molecule has 21 heavy (non-hydrogen) atoms. The topological polar surface area (TPSA) is 85.9 Å². The van der Waals surface area contributed by atoms with Crippen molar-refractivity contribution in [1.29, 1.82) is 0 Å². The van der Waals surface area contributed by atoms with Crippen LogP contribution in [0.15, 0.2) is 12.1 Å². The quantitative estimate of drug-likeness (QED) is 0.784. The van der Waals surface area contributed by atoms with Crippen molar-refractivity contribution in [3.63, 3.8) is 0 Å². The molecule has 0 heterocycles. The van der Waals surface area contributed by atoms with Crippen LogP contribution in [0.1, 0.15) is 6.92 Å². The first kappa shape index (κ1) is 16.9. The minimum Gasteiger partial charge on any atom is -0.495 e. The molecule has 0 spiro atoms. The fourth-order valence-corrected chi connectivity index (χ4v) is 1.72. The maximum absolute atomic E-state index is 11.7. The van der Waals surface area contributed by atoms with E-state index in [2.05, 4.69) is 10.6 Å². The predicted octanol–water partition coefficient (Wildman–Crippen LogP) is 2.04. The summed E-state index contributed by atoms with van der Waals surface area (Å²) in [7, 11) is 2.90.